The monoisotopic (exact) mass is 326 g/mol. The van der Waals surface area contributed by atoms with E-state index in [1.165, 1.54) is 0 Å². The van der Waals surface area contributed by atoms with Gasteiger partial charge in [-0.1, -0.05) is 34.8 Å². The summed E-state index contributed by atoms with van der Waals surface area (Å²) in [6, 6.07) is 16.8. The molecule has 0 N–H and O–H groups in total. The summed E-state index contributed by atoms with van der Waals surface area (Å²) in [7, 11) is 1.60. The molecule has 116 valence electrons. The van der Waals surface area contributed by atoms with Crippen molar-refractivity contribution in [3.05, 3.63) is 65.0 Å². The zero-order valence-corrected chi connectivity index (χ0v) is 13.2. The second kappa shape index (κ2) is 7.02. The second-order valence-electron chi connectivity index (χ2n) is 4.74. The predicted octanol–water partition coefficient (Wildman–Crippen LogP) is 3.57. The Morgan fingerprint density at radius 3 is 2.52 bits per heavy atom. The highest BCUT2D eigenvalue weighted by molar-refractivity contribution is 7.08. The summed E-state index contributed by atoms with van der Waals surface area (Å²) in [5, 5.41) is 4.04. The standard InChI is InChI=1S/C17H14N2O3S/c1-21-14-9-7-13(8-10-14)15-16(23-19-18-15)17(20)22-11-12-5-3-2-4-6-12/h2-10H,11H2,1H3. The first-order valence-electron chi connectivity index (χ1n) is 6.96. The van der Waals surface area contributed by atoms with Crippen LogP contribution in [0.15, 0.2) is 54.6 Å². The summed E-state index contributed by atoms with van der Waals surface area (Å²) in [4.78, 5) is 12.7. The summed E-state index contributed by atoms with van der Waals surface area (Å²) in [5.74, 6) is 0.319. The van der Waals surface area contributed by atoms with Crippen molar-refractivity contribution >= 4 is 17.5 Å². The van der Waals surface area contributed by atoms with E-state index in [1.54, 1.807) is 7.11 Å². The maximum atomic E-state index is 12.3. The van der Waals surface area contributed by atoms with Crippen molar-refractivity contribution in [1.82, 2.24) is 9.59 Å². The van der Waals surface area contributed by atoms with Crippen LogP contribution in [0.25, 0.3) is 11.3 Å². The quantitative estimate of drug-likeness (QED) is 0.671. The molecule has 23 heavy (non-hydrogen) atoms. The topological polar surface area (TPSA) is 61.3 Å². The Balaban J connectivity index is 1.75. The number of nitrogens with zero attached hydrogens (tertiary/aromatic N) is 2. The number of esters is 1. The minimum Gasteiger partial charge on any atom is -0.497 e. The normalized spacial score (nSPS) is 10.3. The minimum atomic E-state index is -0.422. The first-order chi connectivity index (χ1) is 11.3. The van der Waals surface area contributed by atoms with Gasteiger partial charge < -0.3 is 9.47 Å². The maximum Gasteiger partial charge on any atom is 0.352 e. The summed E-state index contributed by atoms with van der Waals surface area (Å²) >= 11 is 1.03. The molecule has 2 aromatic carbocycles. The number of methoxy groups -OCH3 is 1. The summed E-state index contributed by atoms with van der Waals surface area (Å²) < 4.78 is 14.3. The van der Waals surface area contributed by atoms with E-state index in [0.29, 0.717) is 10.6 Å². The van der Waals surface area contributed by atoms with E-state index >= 15 is 0 Å². The Morgan fingerprint density at radius 2 is 1.83 bits per heavy atom. The molecule has 0 aliphatic heterocycles. The molecule has 0 radical (unpaired) electrons. The average Bonchev–Trinajstić information content (AvgIpc) is 3.10. The lowest BCUT2D eigenvalue weighted by Crippen LogP contribution is -2.04. The molecule has 0 atom stereocenters. The van der Waals surface area contributed by atoms with Gasteiger partial charge >= 0.3 is 5.97 Å². The van der Waals surface area contributed by atoms with Gasteiger partial charge in [-0.3, -0.25) is 0 Å². The largest absolute Gasteiger partial charge is 0.497 e. The lowest BCUT2D eigenvalue weighted by Gasteiger charge is -2.05. The van der Waals surface area contributed by atoms with Gasteiger partial charge in [0.25, 0.3) is 0 Å². The molecule has 0 amide bonds. The average molecular weight is 326 g/mol. The summed E-state index contributed by atoms with van der Waals surface area (Å²) in [6.07, 6.45) is 0. The van der Waals surface area contributed by atoms with Crippen LogP contribution in [0.1, 0.15) is 15.2 Å². The molecule has 1 aromatic heterocycles. The molecule has 6 heteroatoms. The molecule has 0 aliphatic carbocycles. The van der Waals surface area contributed by atoms with Gasteiger partial charge in [0.2, 0.25) is 0 Å². The molecule has 0 fully saturated rings. The van der Waals surface area contributed by atoms with E-state index in [4.69, 9.17) is 9.47 Å². The number of carbonyl (C=O) groups excluding carboxylic acids is 1. The lowest BCUT2D eigenvalue weighted by molar-refractivity contribution is 0.0479. The smallest absolute Gasteiger partial charge is 0.352 e. The highest BCUT2D eigenvalue weighted by Crippen LogP contribution is 2.26. The highest BCUT2D eigenvalue weighted by Gasteiger charge is 2.19. The summed E-state index contributed by atoms with van der Waals surface area (Å²) in [6.45, 7) is 0.222. The van der Waals surface area contributed by atoms with E-state index in [2.05, 4.69) is 9.59 Å². The van der Waals surface area contributed by atoms with Crippen molar-refractivity contribution in [3.8, 4) is 17.0 Å². The Kier molecular flexibility index (Phi) is 4.63. The molecule has 1 heterocycles. The zero-order valence-electron chi connectivity index (χ0n) is 12.4. The Bertz CT molecular complexity index is 785. The van der Waals surface area contributed by atoms with Crippen LogP contribution in [0.4, 0.5) is 0 Å². The van der Waals surface area contributed by atoms with Crippen molar-refractivity contribution in [2.24, 2.45) is 0 Å². The van der Waals surface area contributed by atoms with E-state index in [9.17, 15) is 4.79 Å². The molecule has 0 spiro atoms. The molecule has 3 aromatic rings. The number of aromatic nitrogens is 2. The highest BCUT2D eigenvalue weighted by atomic mass is 32.1. The van der Waals surface area contributed by atoms with Crippen LogP contribution in [0.2, 0.25) is 0 Å². The molecular formula is C17H14N2O3S. The van der Waals surface area contributed by atoms with Gasteiger partial charge in [-0.15, -0.1) is 5.10 Å². The van der Waals surface area contributed by atoms with E-state index < -0.39 is 5.97 Å². The number of hydrogen-bond acceptors (Lipinski definition) is 6. The minimum absolute atomic E-state index is 0.222. The lowest BCUT2D eigenvalue weighted by atomic mass is 10.1. The van der Waals surface area contributed by atoms with Crippen molar-refractivity contribution in [2.75, 3.05) is 7.11 Å². The van der Waals surface area contributed by atoms with Crippen LogP contribution in [-0.2, 0) is 11.3 Å². The van der Waals surface area contributed by atoms with Gasteiger partial charge in [-0.25, -0.2) is 4.79 Å². The summed E-state index contributed by atoms with van der Waals surface area (Å²) in [5.41, 5.74) is 2.26. The van der Waals surface area contributed by atoms with Crippen LogP contribution < -0.4 is 4.74 Å². The van der Waals surface area contributed by atoms with Crippen LogP contribution in [0, 0.1) is 0 Å². The Labute approximate surface area is 137 Å². The van der Waals surface area contributed by atoms with Crippen molar-refractivity contribution < 1.29 is 14.3 Å². The number of benzene rings is 2. The SMILES string of the molecule is COc1ccc(-c2nnsc2C(=O)OCc2ccccc2)cc1. The van der Waals surface area contributed by atoms with E-state index in [-0.39, 0.29) is 6.61 Å². The van der Waals surface area contributed by atoms with Gasteiger partial charge in [0.15, 0.2) is 4.88 Å². The molecule has 0 aliphatic rings. The van der Waals surface area contributed by atoms with Gasteiger partial charge in [-0.05, 0) is 41.4 Å². The van der Waals surface area contributed by atoms with Gasteiger partial charge in [0.1, 0.15) is 18.1 Å². The number of hydrogen-bond donors (Lipinski definition) is 0. The first kappa shape index (κ1) is 15.2. The Hall–Kier alpha value is -2.73. The van der Waals surface area contributed by atoms with Crippen molar-refractivity contribution in [2.45, 2.75) is 6.61 Å². The van der Waals surface area contributed by atoms with E-state index in [0.717, 1.165) is 28.4 Å². The van der Waals surface area contributed by atoms with Gasteiger partial charge in [-0.2, -0.15) is 0 Å². The fraction of sp³-hybridized carbons (Fsp3) is 0.118. The number of rotatable bonds is 5. The molecule has 5 nitrogen and oxygen atoms in total. The third-order valence-corrected chi connectivity index (χ3v) is 3.96. The second-order valence-corrected chi connectivity index (χ2v) is 5.50. The predicted molar refractivity (Wildman–Crippen MR) is 87.5 cm³/mol. The van der Waals surface area contributed by atoms with Crippen LogP contribution in [0.3, 0.4) is 0 Å². The Morgan fingerprint density at radius 1 is 1.09 bits per heavy atom. The number of ether oxygens (including phenoxy) is 2. The molecule has 3 rings (SSSR count). The molecule has 0 unspecified atom stereocenters. The maximum absolute atomic E-state index is 12.3. The zero-order chi connectivity index (χ0) is 16.1. The molecule has 0 saturated heterocycles. The number of carbonyl (C=O) groups is 1. The molecular weight excluding hydrogens is 312 g/mol. The van der Waals surface area contributed by atoms with Crippen molar-refractivity contribution in [3.63, 3.8) is 0 Å². The van der Waals surface area contributed by atoms with Crippen LogP contribution >= 0.6 is 11.5 Å². The van der Waals surface area contributed by atoms with Gasteiger partial charge in [0, 0.05) is 5.56 Å². The third-order valence-electron chi connectivity index (χ3n) is 3.25. The third kappa shape index (κ3) is 3.54. The molecule has 0 bridgehead atoms. The first-order valence-corrected chi connectivity index (χ1v) is 7.73. The van der Waals surface area contributed by atoms with Gasteiger partial charge in [0.05, 0.1) is 7.11 Å². The molecule has 0 saturated carbocycles. The fourth-order valence-corrected chi connectivity index (χ4v) is 2.63. The van der Waals surface area contributed by atoms with Crippen molar-refractivity contribution in [1.29, 1.82) is 0 Å². The fourth-order valence-electron chi connectivity index (χ4n) is 2.05. The van der Waals surface area contributed by atoms with Crippen LogP contribution in [0.5, 0.6) is 5.75 Å². The van der Waals surface area contributed by atoms with Crippen LogP contribution in [-0.4, -0.2) is 22.7 Å². The van der Waals surface area contributed by atoms with E-state index in [1.807, 2.05) is 54.6 Å².